The van der Waals surface area contributed by atoms with Crippen molar-refractivity contribution in [3.05, 3.63) is 41.2 Å². The van der Waals surface area contributed by atoms with Gasteiger partial charge in [-0.2, -0.15) is 0 Å². The molecule has 1 heterocycles. The summed E-state index contributed by atoms with van der Waals surface area (Å²) in [5.74, 6) is 0.0515. The van der Waals surface area contributed by atoms with Crippen molar-refractivity contribution in [1.29, 1.82) is 0 Å². The second-order valence-corrected chi connectivity index (χ2v) is 3.02. The summed E-state index contributed by atoms with van der Waals surface area (Å²) in [7, 11) is 0. The van der Waals surface area contributed by atoms with Gasteiger partial charge >= 0.3 is 0 Å². The van der Waals surface area contributed by atoms with Gasteiger partial charge < -0.3 is 0 Å². The van der Waals surface area contributed by atoms with Gasteiger partial charge in [0.05, 0.1) is 5.02 Å². The van der Waals surface area contributed by atoms with E-state index in [2.05, 4.69) is 4.98 Å². The number of rotatable bonds is 3. The molecule has 1 rings (SSSR count). The molecule has 1 aromatic heterocycles. The summed E-state index contributed by atoms with van der Waals surface area (Å²) in [4.78, 5) is 15.0. The van der Waals surface area contributed by atoms with Crippen molar-refractivity contribution in [2.75, 3.05) is 0 Å². The molecule has 0 amide bonds. The summed E-state index contributed by atoms with van der Waals surface area (Å²) in [6.45, 7) is 1.81. The first kappa shape index (κ1) is 9.93. The fourth-order valence-corrected chi connectivity index (χ4v) is 1.17. The Hall–Kier alpha value is -1.15. The van der Waals surface area contributed by atoms with E-state index >= 15 is 0 Å². The summed E-state index contributed by atoms with van der Waals surface area (Å²) in [6.07, 6.45) is 6.77. The van der Waals surface area contributed by atoms with Gasteiger partial charge in [-0.1, -0.05) is 17.7 Å². The van der Waals surface area contributed by atoms with Gasteiger partial charge in [-0.05, 0) is 24.6 Å². The Kier molecular flexibility index (Phi) is 3.65. The van der Waals surface area contributed by atoms with Gasteiger partial charge in [0.1, 0.15) is 0 Å². The quantitative estimate of drug-likeness (QED) is 0.694. The van der Waals surface area contributed by atoms with E-state index in [1.165, 1.54) is 6.08 Å². The summed E-state index contributed by atoms with van der Waals surface area (Å²) in [5, 5.41) is 0.542. The predicted octanol–water partition coefficient (Wildman–Crippen LogP) is 2.42. The minimum absolute atomic E-state index is 0.0515. The summed E-state index contributed by atoms with van der Waals surface area (Å²) in [6, 6.07) is 1.75. The number of hydrogen-bond donors (Lipinski definition) is 0. The Morgan fingerprint density at radius 3 is 3.08 bits per heavy atom. The van der Waals surface area contributed by atoms with E-state index in [9.17, 15) is 4.79 Å². The molecule has 0 bridgehead atoms. The van der Waals surface area contributed by atoms with E-state index in [4.69, 9.17) is 11.6 Å². The Bertz CT molecular complexity index is 333. The Balaban J connectivity index is 2.74. The van der Waals surface area contributed by atoms with Crippen molar-refractivity contribution in [2.24, 2.45) is 0 Å². The maximum atomic E-state index is 11.2. The molecule has 0 atom stereocenters. The molecule has 0 aromatic carbocycles. The molecule has 0 spiro atoms. The predicted molar refractivity (Wildman–Crippen MR) is 52.8 cm³/mol. The molecule has 0 radical (unpaired) electrons. The number of halogens is 1. The highest BCUT2D eigenvalue weighted by molar-refractivity contribution is 6.31. The van der Waals surface area contributed by atoms with Crippen LogP contribution in [-0.4, -0.2) is 10.8 Å². The number of allylic oxidation sites excluding steroid dienone is 2. The molecule has 3 heteroatoms. The number of carbonyl (C=O) groups excluding carboxylic acids is 1. The van der Waals surface area contributed by atoms with Crippen LogP contribution in [0, 0.1) is 0 Å². The van der Waals surface area contributed by atoms with Crippen LogP contribution in [0.3, 0.4) is 0 Å². The molecule has 0 aliphatic heterocycles. The van der Waals surface area contributed by atoms with Gasteiger partial charge in [0.25, 0.3) is 0 Å². The molecule has 0 saturated carbocycles. The minimum Gasteiger partial charge on any atom is -0.294 e. The van der Waals surface area contributed by atoms with Gasteiger partial charge in [-0.3, -0.25) is 9.78 Å². The van der Waals surface area contributed by atoms with E-state index in [1.807, 2.05) is 6.92 Å². The maximum absolute atomic E-state index is 11.2. The van der Waals surface area contributed by atoms with Crippen LogP contribution in [0.5, 0.6) is 0 Å². The van der Waals surface area contributed by atoms with Crippen molar-refractivity contribution in [1.82, 2.24) is 4.98 Å². The molecule has 2 nitrogen and oxygen atoms in total. The second-order valence-electron chi connectivity index (χ2n) is 2.61. The lowest BCUT2D eigenvalue weighted by molar-refractivity contribution is -0.114. The van der Waals surface area contributed by atoms with Crippen LogP contribution in [0.1, 0.15) is 12.5 Å². The van der Waals surface area contributed by atoms with Crippen molar-refractivity contribution in [3.8, 4) is 0 Å². The van der Waals surface area contributed by atoms with E-state index in [0.717, 1.165) is 5.56 Å². The number of nitrogens with zero attached hydrogens (tertiary/aromatic N) is 1. The third-order valence-corrected chi connectivity index (χ3v) is 1.91. The summed E-state index contributed by atoms with van der Waals surface area (Å²) >= 11 is 5.83. The van der Waals surface area contributed by atoms with Crippen LogP contribution < -0.4 is 0 Å². The van der Waals surface area contributed by atoms with Crippen LogP contribution in [0.4, 0.5) is 0 Å². The van der Waals surface area contributed by atoms with Crippen molar-refractivity contribution in [2.45, 2.75) is 13.3 Å². The lowest BCUT2D eigenvalue weighted by Gasteiger charge is -1.98. The highest BCUT2D eigenvalue weighted by Gasteiger charge is 2.03. The van der Waals surface area contributed by atoms with Crippen LogP contribution in [0.25, 0.3) is 0 Å². The van der Waals surface area contributed by atoms with Crippen molar-refractivity contribution in [3.63, 3.8) is 0 Å². The lowest BCUT2D eigenvalue weighted by Crippen LogP contribution is -1.99. The van der Waals surface area contributed by atoms with E-state index in [0.29, 0.717) is 11.4 Å². The fourth-order valence-electron chi connectivity index (χ4n) is 0.980. The number of carbonyl (C=O) groups is 1. The molecule has 0 unspecified atom stereocenters. The number of aromatic nitrogens is 1. The molecule has 0 aliphatic rings. The van der Waals surface area contributed by atoms with Crippen LogP contribution in [-0.2, 0) is 11.2 Å². The number of hydrogen-bond acceptors (Lipinski definition) is 2. The topological polar surface area (TPSA) is 30.0 Å². The van der Waals surface area contributed by atoms with Crippen LogP contribution in [0.2, 0.25) is 5.02 Å². The van der Waals surface area contributed by atoms with Crippen molar-refractivity contribution < 1.29 is 4.79 Å². The SMILES string of the molecule is C/C=C/C(=O)Cc1ccncc1Cl. The van der Waals surface area contributed by atoms with Gasteiger partial charge in [0, 0.05) is 18.8 Å². The number of ketones is 1. The molecule has 0 fully saturated rings. The third-order valence-electron chi connectivity index (χ3n) is 1.57. The van der Waals surface area contributed by atoms with Gasteiger partial charge in [-0.15, -0.1) is 0 Å². The molecular weight excluding hydrogens is 186 g/mol. The Morgan fingerprint density at radius 2 is 2.46 bits per heavy atom. The lowest BCUT2D eigenvalue weighted by atomic mass is 10.1. The fraction of sp³-hybridized carbons (Fsp3) is 0.200. The van der Waals surface area contributed by atoms with Crippen molar-refractivity contribution >= 4 is 17.4 Å². The summed E-state index contributed by atoms with van der Waals surface area (Å²) < 4.78 is 0. The Labute approximate surface area is 82.3 Å². The van der Waals surface area contributed by atoms with E-state index in [1.54, 1.807) is 24.5 Å². The van der Waals surface area contributed by atoms with Gasteiger partial charge in [0.15, 0.2) is 5.78 Å². The first-order valence-electron chi connectivity index (χ1n) is 3.98. The molecule has 0 aliphatic carbocycles. The standard InChI is InChI=1S/C10H10ClNO/c1-2-3-9(13)6-8-4-5-12-7-10(8)11/h2-5,7H,6H2,1H3/b3-2+. The zero-order valence-corrected chi connectivity index (χ0v) is 8.08. The van der Waals surface area contributed by atoms with E-state index in [-0.39, 0.29) is 5.78 Å². The van der Waals surface area contributed by atoms with Crippen LogP contribution >= 0.6 is 11.6 Å². The van der Waals surface area contributed by atoms with Gasteiger partial charge in [0.2, 0.25) is 0 Å². The highest BCUT2D eigenvalue weighted by atomic mass is 35.5. The normalized spacial score (nSPS) is 10.6. The third kappa shape index (κ3) is 2.99. The first-order chi connectivity index (χ1) is 6.24. The Morgan fingerprint density at radius 1 is 1.69 bits per heavy atom. The number of pyridine rings is 1. The average Bonchev–Trinajstić information content (AvgIpc) is 2.09. The van der Waals surface area contributed by atoms with E-state index < -0.39 is 0 Å². The zero-order chi connectivity index (χ0) is 9.68. The minimum atomic E-state index is 0.0515. The monoisotopic (exact) mass is 195 g/mol. The average molecular weight is 196 g/mol. The highest BCUT2D eigenvalue weighted by Crippen LogP contribution is 2.14. The molecule has 0 saturated heterocycles. The molecule has 1 aromatic rings. The first-order valence-corrected chi connectivity index (χ1v) is 4.35. The summed E-state index contributed by atoms with van der Waals surface area (Å²) in [5.41, 5.74) is 0.819. The molecule has 68 valence electrons. The largest absolute Gasteiger partial charge is 0.294 e. The molecule has 13 heavy (non-hydrogen) atoms. The second kappa shape index (κ2) is 4.77. The van der Waals surface area contributed by atoms with Crippen LogP contribution in [0.15, 0.2) is 30.6 Å². The molecule has 0 N–H and O–H groups in total. The molecular formula is C10H10ClNO. The van der Waals surface area contributed by atoms with Gasteiger partial charge in [-0.25, -0.2) is 0 Å². The smallest absolute Gasteiger partial charge is 0.159 e. The maximum Gasteiger partial charge on any atom is 0.159 e. The zero-order valence-electron chi connectivity index (χ0n) is 7.33.